The topological polar surface area (TPSA) is 168 Å². The third-order valence-corrected chi connectivity index (χ3v) is 25.3. The monoisotopic (exact) mass is 1520 g/mol. The quantitative estimate of drug-likeness (QED) is 0.141. The molecule has 0 aliphatic heterocycles. The molecule has 0 amide bonds. The van der Waals surface area contributed by atoms with E-state index in [0.29, 0.717) is 0 Å². The Morgan fingerprint density at radius 1 is 0.0885 bits per heavy atom. The van der Waals surface area contributed by atoms with E-state index < -0.39 is 0 Å². The number of rotatable bonds is 0. The number of nitrogens with zero attached hydrogens (tertiary/aromatic N) is 13. The zero-order chi connectivity index (χ0) is 86.8. The van der Waals surface area contributed by atoms with Crippen molar-refractivity contribution in [2.24, 2.45) is 0 Å². The standard InChI is InChI=1S/3C16H21N.2C10H15N.4C8H12N2/c3*1-8-9(2)13(6)16-15(11(8)4)12(5)10(3)14(7)17-16;2*1-6-7(2)9(4)11-10(5)8(6)3;1-5-6(2)10-8(4)7(3)9-5;3*1-5-6(2)9-8(4)10-7(5)3/h3*1-7H3;2*1-5H3;4*1-4H3. The van der Waals surface area contributed by atoms with E-state index in [1.165, 1.54) is 183 Å². The summed E-state index contributed by atoms with van der Waals surface area (Å²) in [6.07, 6.45) is 0. The van der Waals surface area contributed by atoms with E-state index in [9.17, 15) is 0 Å². The summed E-state index contributed by atoms with van der Waals surface area (Å²) in [4.78, 5) is 57.2. The van der Waals surface area contributed by atoms with Crippen molar-refractivity contribution < 1.29 is 0 Å². The lowest BCUT2D eigenvalue weighted by molar-refractivity contribution is 0.948. The Labute approximate surface area is 683 Å². The minimum atomic E-state index is 0.862. The molecular weight excluding hydrogens is 1380 g/mol. The van der Waals surface area contributed by atoms with Crippen LogP contribution in [0.3, 0.4) is 0 Å². The van der Waals surface area contributed by atoms with E-state index in [0.717, 1.165) is 114 Å². The van der Waals surface area contributed by atoms with E-state index in [1.54, 1.807) is 0 Å². The van der Waals surface area contributed by atoms with Gasteiger partial charge >= 0.3 is 0 Å². The summed E-state index contributed by atoms with van der Waals surface area (Å²) < 4.78 is 0. The summed E-state index contributed by atoms with van der Waals surface area (Å²) in [5, 5.41) is 4.07. The maximum Gasteiger partial charge on any atom is 0.125 e. The van der Waals surface area contributed by atoms with Gasteiger partial charge in [-0.2, -0.15) is 0 Å². The molecule has 13 heteroatoms. The van der Waals surface area contributed by atoms with Gasteiger partial charge in [-0.15, -0.1) is 0 Å². The van der Waals surface area contributed by atoms with Gasteiger partial charge in [0.15, 0.2) is 0 Å². The third-order valence-electron chi connectivity index (χ3n) is 25.3. The van der Waals surface area contributed by atoms with E-state index in [4.69, 9.17) is 15.0 Å². The largest absolute Gasteiger partial charge is 0.258 e. The minimum absolute atomic E-state index is 0.862. The Morgan fingerprint density at radius 3 is 0.381 bits per heavy atom. The van der Waals surface area contributed by atoms with Gasteiger partial charge in [0, 0.05) is 90.2 Å². The Kier molecular flexibility index (Phi) is 33.9. The molecule has 0 saturated heterocycles. The van der Waals surface area contributed by atoms with Crippen molar-refractivity contribution in [3.05, 3.63) is 264 Å². The average molecular weight is 1530 g/mol. The fourth-order valence-corrected chi connectivity index (χ4v) is 13.9. The fourth-order valence-electron chi connectivity index (χ4n) is 13.9. The van der Waals surface area contributed by atoms with Gasteiger partial charge in [0.05, 0.1) is 39.3 Å². The second-order valence-corrected chi connectivity index (χ2v) is 32.1. The number of benzene rings is 3. The number of fused-ring (bicyclic) bond motifs is 3. The van der Waals surface area contributed by atoms with E-state index in [2.05, 4.69) is 264 Å². The zero-order valence-electron chi connectivity index (χ0n) is 79.3. The molecule has 13 nitrogen and oxygen atoms in total. The lowest BCUT2D eigenvalue weighted by atomic mass is 9.90. The molecule has 0 spiro atoms. The molecule has 0 bridgehead atoms. The molecule has 9 aromatic heterocycles. The summed E-state index contributed by atoms with van der Waals surface area (Å²) in [6.45, 7) is 98.9. The molecule has 0 aliphatic rings. The molecule has 0 radical (unpaired) electrons. The van der Waals surface area contributed by atoms with Crippen molar-refractivity contribution in [1.29, 1.82) is 0 Å². The van der Waals surface area contributed by atoms with Crippen LogP contribution >= 0.6 is 0 Å². The first-order valence-electron chi connectivity index (χ1n) is 40.1. The van der Waals surface area contributed by atoms with Gasteiger partial charge in [0.25, 0.3) is 0 Å². The first kappa shape index (κ1) is 95.9. The predicted octanol–water partition coefficient (Wildman–Crippen LogP) is 25.3. The van der Waals surface area contributed by atoms with Crippen molar-refractivity contribution in [3.63, 3.8) is 0 Å². The van der Waals surface area contributed by atoms with Crippen LogP contribution < -0.4 is 0 Å². The molecule has 113 heavy (non-hydrogen) atoms. The Morgan fingerprint density at radius 2 is 0.204 bits per heavy atom. The molecule has 9 heterocycles. The molecule has 12 rings (SSSR count). The highest BCUT2D eigenvalue weighted by Gasteiger charge is 2.19. The average Bonchev–Trinajstić information content (AvgIpc) is 0.766. The van der Waals surface area contributed by atoms with Crippen molar-refractivity contribution in [1.82, 2.24) is 64.8 Å². The first-order valence-corrected chi connectivity index (χ1v) is 40.1. The Balaban J connectivity index is 0.000000271. The molecule has 606 valence electrons. The molecular formula is C100H141N13. The normalized spacial score (nSPS) is 10.6. The van der Waals surface area contributed by atoms with Gasteiger partial charge in [-0.05, 0) is 476 Å². The maximum absolute atomic E-state index is 4.80. The summed E-state index contributed by atoms with van der Waals surface area (Å²) in [7, 11) is 0. The summed E-state index contributed by atoms with van der Waals surface area (Å²) in [5.41, 5.74) is 58.6. The van der Waals surface area contributed by atoms with Crippen LogP contribution in [0.2, 0.25) is 0 Å². The van der Waals surface area contributed by atoms with Gasteiger partial charge in [-0.1, -0.05) is 0 Å². The summed E-state index contributed by atoms with van der Waals surface area (Å²) in [5.74, 6) is 2.59. The fraction of sp³-hybridized carbons (Fsp3) is 0.470. The van der Waals surface area contributed by atoms with Crippen LogP contribution in [-0.2, 0) is 0 Å². The van der Waals surface area contributed by atoms with E-state index in [-0.39, 0.29) is 0 Å². The lowest BCUT2D eigenvalue weighted by Crippen LogP contribution is -2.01. The highest BCUT2D eigenvalue weighted by molar-refractivity contribution is 5.93. The Hall–Kier alpha value is -9.49. The Bertz CT molecular complexity index is 4910. The van der Waals surface area contributed by atoms with Crippen molar-refractivity contribution in [2.45, 2.75) is 325 Å². The van der Waals surface area contributed by atoms with Crippen LogP contribution in [0.15, 0.2) is 0 Å². The maximum atomic E-state index is 4.80. The molecule has 0 unspecified atom stereocenters. The van der Waals surface area contributed by atoms with Crippen LogP contribution in [0, 0.1) is 325 Å². The summed E-state index contributed by atoms with van der Waals surface area (Å²) >= 11 is 0. The van der Waals surface area contributed by atoms with Gasteiger partial charge in [0.2, 0.25) is 0 Å². The summed E-state index contributed by atoms with van der Waals surface area (Å²) in [6, 6.07) is 0. The van der Waals surface area contributed by atoms with Crippen LogP contribution in [-0.4, -0.2) is 64.8 Å². The minimum Gasteiger partial charge on any atom is -0.258 e. The van der Waals surface area contributed by atoms with Crippen LogP contribution in [0.5, 0.6) is 0 Å². The number of hydrogen-bond donors (Lipinski definition) is 0. The lowest BCUT2D eigenvalue weighted by Gasteiger charge is -2.17. The van der Waals surface area contributed by atoms with Crippen molar-refractivity contribution in [2.75, 3.05) is 0 Å². The van der Waals surface area contributed by atoms with Gasteiger partial charge in [-0.3, -0.25) is 34.9 Å². The smallest absolute Gasteiger partial charge is 0.125 e. The molecule has 0 atom stereocenters. The van der Waals surface area contributed by atoms with Crippen LogP contribution in [0.1, 0.15) is 264 Å². The SMILES string of the molecule is Cc1nc(C)c(C)c(C)c1C.Cc1nc(C)c(C)c(C)c1C.Cc1nc(C)c(C)c(C)n1.Cc1nc(C)c(C)c(C)n1.Cc1nc(C)c(C)c(C)n1.Cc1nc(C)c(C)nc1C.Cc1nc2c(C)c(C)c(C)c(C)c2c(C)c1C.Cc1nc2c(C)c(C)c(C)c(C)c2c(C)c1C.Cc1nc2c(C)c(C)c(C)c(C)c2c(C)c1C. The van der Waals surface area contributed by atoms with E-state index in [1.807, 2.05) is 111 Å². The first-order chi connectivity index (χ1) is 52.1. The van der Waals surface area contributed by atoms with Crippen LogP contribution in [0.25, 0.3) is 32.7 Å². The van der Waals surface area contributed by atoms with E-state index >= 15 is 0 Å². The second kappa shape index (κ2) is 40.0. The van der Waals surface area contributed by atoms with Crippen molar-refractivity contribution >= 4 is 32.7 Å². The molecule has 0 saturated carbocycles. The van der Waals surface area contributed by atoms with Gasteiger partial charge < -0.3 is 0 Å². The number of hydrogen-bond acceptors (Lipinski definition) is 13. The molecule has 3 aromatic carbocycles. The third kappa shape index (κ3) is 22.5. The number of aromatic nitrogens is 13. The van der Waals surface area contributed by atoms with Crippen LogP contribution in [0.4, 0.5) is 0 Å². The molecule has 0 N–H and O–H groups in total. The molecule has 0 aliphatic carbocycles. The number of aryl methyl sites for hydroxylation is 29. The van der Waals surface area contributed by atoms with Gasteiger partial charge in [0.1, 0.15) is 17.5 Å². The molecule has 12 aromatic rings. The van der Waals surface area contributed by atoms with Crippen molar-refractivity contribution in [3.8, 4) is 0 Å². The second-order valence-electron chi connectivity index (χ2n) is 32.1. The van der Waals surface area contributed by atoms with Gasteiger partial charge in [-0.25, -0.2) is 29.9 Å². The molecule has 0 fully saturated rings. The highest BCUT2D eigenvalue weighted by atomic mass is 14.9. The number of pyridine rings is 5. The highest BCUT2D eigenvalue weighted by Crippen LogP contribution is 2.36. The zero-order valence-corrected chi connectivity index (χ0v) is 79.3. The predicted molar refractivity (Wildman–Crippen MR) is 484 cm³/mol.